The van der Waals surface area contributed by atoms with Crippen LogP contribution in [0.3, 0.4) is 0 Å². The van der Waals surface area contributed by atoms with Crippen molar-refractivity contribution in [3.05, 3.63) is 0 Å². The van der Waals surface area contributed by atoms with Gasteiger partial charge in [-0.05, 0) is 24.8 Å². The van der Waals surface area contributed by atoms with E-state index in [9.17, 15) is 13.2 Å². The number of nitrogens with one attached hydrogen (secondary N) is 1. The summed E-state index contributed by atoms with van der Waals surface area (Å²) in [6.45, 7) is 5.89. The fourth-order valence-corrected chi connectivity index (χ4v) is 1.44. The van der Waals surface area contributed by atoms with Crippen LogP contribution in [0.2, 0.25) is 0 Å². The van der Waals surface area contributed by atoms with Gasteiger partial charge in [0.05, 0.1) is 6.54 Å². The summed E-state index contributed by atoms with van der Waals surface area (Å²) in [5, 5.41) is 2.44. The molecule has 4 heteroatoms. The summed E-state index contributed by atoms with van der Waals surface area (Å²) in [6, 6.07) is 0. The van der Waals surface area contributed by atoms with Crippen molar-refractivity contribution in [3.8, 4) is 0 Å². The third-order valence-electron chi connectivity index (χ3n) is 2.30. The van der Waals surface area contributed by atoms with E-state index in [1.807, 2.05) is 6.92 Å². The molecule has 1 N–H and O–H groups in total. The van der Waals surface area contributed by atoms with E-state index in [1.165, 1.54) is 0 Å². The van der Waals surface area contributed by atoms with Crippen LogP contribution in [-0.4, -0.2) is 19.3 Å². The first-order valence-electron chi connectivity index (χ1n) is 5.58. The Morgan fingerprint density at radius 1 is 1.07 bits per heavy atom. The van der Waals surface area contributed by atoms with Gasteiger partial charge in [0, 0.05) is 0 Å². The number of alkyl halides is 3. The molecule has 0 spiro atoms. The fraction of sp³-hybridized carbons (Fsp3) is 1.00. The van der Waals surface area contributed by atoms with Gasteiger partial charge < -0.3 is 5.32 Å². The van der Waals surface area contributed by atoms with Gasteiger partial charge >= 0.3 is 6.18 Å². The molecule has 92 valence electrons. The molecule has 1 unspecified atom stereocenters. The third-order valence-corrected chi connectivity index (χ3v) is 2.30. The van der Waals surface area contributed by atoms with Crippen LogP contribution in [0.5, 0.6) is 0 Å². The van der Waals surface area contributed by atoms with Crippen molar-refractivity contribution in [1.82, 2.24) is 5.32 Å². The van der Waals surface area contributed by atoms with Gasteiger partial charge in [-0.1, -0.05) is 33.6 Å². The van der Waals surface area contributed by atoms with Crippen LogP contribution in [0.4, 0.5) is 13.2 Å². The van der Waals surface area contributed by atoms with Gasteiger partial charge in [-0.15, -0.1) is 0 Å². The van der Waals surface area contributed by atoms with Gasteiger partial charge in [-0.3, -0.25) is 0 Å². The average molecular weight is 225 g/mol. The molecule has 0 aromatic rings. The van der Waals surface area contributed by atoms with Crippen molar-refractivity contribution >= 4 is 0 Å². The lowest BCUT2D eigenvalue weighted by molar-refractivity contribution is -0.125. The van der Waals surface area contributed by atoms with E-state index in [2.05, 4.69) is 19.2 Å². The minimum absolute atomic E-state index is 0.325. The first-order valence-corrected chi connectivity index (χ1v) is 5.58. The van der Waals surface area contributed by atoms with Crippen molar-refractivity contribution in [1.29, 1.82) is 0 Å². The molecule has 0 heterocycles. The van der Waals surface area contributed by atoms with E-state index in [0.29, 0.717) is 18.4 Å². The summed E-state index contributed by atoms with van der Waals surface area (Å²) in [7, 11) is 0. The van der Waals surface area contributed by atoms with Gasteiger partial charge in [0.1, 0.15) is 0 Å². The average Bonchev–Trinajstić information content (AvgIpc) is 2.00. The second-order valence-corrected chi connectivity index (χ2v) is 4.68. The van der Waals surface area contributed by atoms with E-state index in [0.717, 1.165) is 19.3 Å². The smallest absolute Gasteiger partial charge is 0.308 e. The van der Waals surface area contributed by atoms with Gasteiger partial charge in [-0.2, -0.15) is 13.2 Å². The zero-order valence-electron chi connectivity index (χ0n) is 9.82. The Bertz CT molecular complexity index is 154. The SMILES string of the molecule is CC(C)CCCC(C)CNCC(F)(F)F. The lowest BCUT2D eigenvalue weighted by Crippen LogP contribution is -2.31. The highest BCUT2D eigenvalue weighted by atomic mass is 19.4. The van der Waals surface area contributed by atoms with Crippen molar-refractivity contribution in [2.75, 3.05) is 13.1 Å². The van der Waals surface area contributed by atoms with E-state index in [1.54, 1.807) is 0 Å². The number of hydrogen-bond donors (Lipinski definition) is 1. The molecule has 0 bridgehead atoms. The molecule has 0 aromatic heterocycles. The highest BCUT2D eigenvalue weighted by Crippen LogP contribution is 2.14. The molecule has 0 aromatic carbocycles. The molecule has 0 radical (unpaired) electrons. The summed E-state index contributed by atoms with van der Waals surface area (Å²) in [4.78, 5) is 0. The standard InChI is InChI=1S/C11H22F3N/c1-9(2)5-4-6-10(3)7-15-8-11(12,13)14/h9-10,15H,4-8H2,1-3H3. The number of hydrogen-bond acceptors (Lipinski definition) is 1. The summed E-state index contributed by atoms with van der Waals surface area (Å²) >= 11 is 0. The first-order chi connectivity index (χ1) is 6.81. The predicted molar refractivity (Wildman–Crippen MR) is 56.8 cm³/mol. The molecule has 0 aliphatic rings. The van der Waals surface area contributed by atoms with Crippen LogP contribution in [0.15, 0.2) is 0 Å². The minimum atomic E-state index is -4.09. The van der Waals surface area contributed by atoms with Crippen LogP contribution in [-0.2, 0) is 0 Å². The third kappa shape index (κ3) is 11.7. The summed E-state index contributed by atoms with van der Waals surface area (Å²) in [5.74, 6) is 1.01. The topological polar surface area (TPSA) is 12.0 Å². The molecule has 0 saturated carbocycles. The highest BCUT2D eigenvalue weighted by Gasteiger charge is 2.26. The van der Waals surface area contributed by atoms with Gasteiger partial charge in [0.15, 0.2) is 0 Å². The first kappa shape index (κ1) is 14.8. The minimum Gasteiger partial charge on any atom is -0.308 e. The highest BCUT2D eigenvalue weighted by molar-refractivity contribution is 4.61. The van der Waals surface area contributed by atoms with Crippen LogP contribution in [0.25, 0.3) is 0 Å². The van der Waals surface area contributed by atoms with E-state index in [-0.39, 0.29) is 0 Å². The van der Waals surface area contributed by atoms with Crippen molar-refractivity contribution in [3.63, 3.8) is 0 Å². The maximum atomic E-state index is 11.8. The maximum Gasteiger partial charge on any atom is 0.401 e. The lowest BCUT2D eigenvalue weighted by atomic mass is 10.00. The van der Waals surface area contributed by atoms with Gasteiger partial charge in [0.25, 0.3) is 0 Å². The molecule has 0 fully saturated rings. The summed E-state index contributed by atoms with van der Waals surface area (Å²) < 4.78 is 35.4. The quantitative estimate of drug-likeness (QED) is 0.698. The second kappa shape index (κ2) is 7.09. The molecule has 0 saturated heterocycles. The molecule has 0 aliphatic carbocycles. The number of halogens is 3. The van der Waals surface area contributed by atoms with Crippen LogP contribution in [0.1, 0.15) is 40.0 Å². The Labute approximate surface area is 90.4 Å². The van der Waals surface area contributed by atoms with Crippen molar-refractivity contribution < 1.29 is 13.2 Å². The van der Waals surface area contributed by atoms with Crippen molar-refractivity contribution in [2.24, 2.45) is 11.8 Å². The second-order valence-electron chi connectivity index (χ2n) is 4.68. The molecular weight excluding hydrogens is 203 g/mol. The Balaban J connectivity index is 3.37. The molecule has 1 atom stereocenters. The summed E-state index contributed by atoms with van der Waals surface area (Å²) in [5.41, 5.74) is 0. The normalized spacial score (nSPS) is 14.6. The number of rotatable bonds is 7. The molecule has 0 amide bonds. The zero-order valence-corrected chi connectivity index (χ0v) is 9.82. The van der Waals surface area contributed by atoms with E-state index < -0.39 is 12.7 Å². The van der Waals surface area contributed by atoms with E-state index in [4.69, 9.17) is 0 Å². The predicted octanol–water partition coefficient (Wildman–Crippen LogP) is 3.60. The van der Waals surface area contributed by atoms with Crippen LogP contribution in [0, 0.1) is 11.8 Å². The van der Waals surface area contributed by atoms with E-state index >= 15 is 0 Å². The lowest BCUT2D eigenvalue weighted by Gasteiger charge is -2.14. The summed E-state index contributed by atoms with van der Waals surface area (Å²) in [6.07, 6.45) is -0.823. The van der Waals surface area contributed by atoms with Crippen LogP contribution >= 0.6 is 0 Å². The van der Waals surface area contributed by atoms with Gasteiger partial charge in [0.2, 0.25) is 0 Å². The molecule has 0 aliphatic heterocycles. The molecule has 15 heavy (non-hydrogen) atoms. The Hall–Kier alpha value is -0.250. The van der Waals surface area contributed by atoms with Crippen molar-refractivity contribution in [2.45, 2.75) is 46.2 Å². The molecular formula is C11H22F3N. The zero-order chi connectivity index (χ0) is 11.9. The maximum absolute atomic E-state index is 11.8. The van der Waals surface area contributed by atoms with Gasteiger partial charge in [-0.25, -0.2) is 0 Å². The molecule has 1 nitrogen and oxygen atoms in total. The fourth-order valence-electron chi connectivity index (χ4n) is 1.44. The monoisotopic (exact) mass is 225 g/mol. The van der Waals surface area contributed by atoms with Crippen LogP contribution < -0.4 is 5.32 Å². The Morgan fingerprint density at radius 3 is 2.13 bits per heavy atom. The largest absolute Gasteiger partial charge is 0.401 e. The molecule has 0 rings (SSSR count). The Kier molecular flexibility index (Phi) is 6.98. The Morgan fingerprint density at radius 2 is 1.67 bits per heavy atom.